The molecule has 28 heavy (non-hydrogen) atoms. The molecule has 1 aromatic carbocycles. The zero-order valence-electron chi connectivity index (χ0n) is 16.7. The van der Waals surface area contributed by atoms with Crippen molar-refractivity contribution in [2.75, 3.05) is 20.1 Å². The predicted octanol–water partition coefficient (Wildman–Crippen LogP) is 3.09. The second-order valence-electron chi connectivity index (χ2n) is 8.09. The Hall–Kier alpha value is -2.56. The third-order valence-electron chi connectivity index (χ3n) is 6.21. The van der Waals surface area contributed by atoms with Crippen molar-refractivity contribution in [3.05, 3.63) is 70.1 Å². The molecule has 148 valence electrons. The normalized spacial score (nSPS) is 22.2. The summed E-state index contributed by atoms with van der Waals surface area (Å²) in [5.74, 6) is 2.73. The molecule has 1 aromatic heterocycles. The van der Waals surface area contributed by atoms with Crippen LogP contribution in [0.5, 0.6) is 0 Å². The second-order valence-corrected chi connectivity index (χ2v) is 8.09. The zero-order chi connectivity index (χ0) is 19.3. The van der Waals surface area contributed by atoms with Gasteiger partial charge < -0.3 is 14.8 Å². The molecule has 5 nitrogen and oxygen atoms in total. The molecule has 2 heterocycles. The van der Waals surface area contributed by atoms with Crippen LogP contribution in [0.1, 0.15) is 36.8 Å². The Labute approximate surface area is 167 Å². The Morgan fingerprint density at radius 2 is 1.71 bits per heavy atom. The first-order valence-corrected chi connectivity index (χ1v) is 10.4. The van der Waals surface area contributed by atoms with E-state index in [0.717, 1.165) is 43.0 Å². The number of rotatable bonds is 4. The van der Waals surface area contributed by atoms with E-state index in [9.17, 15) is 4.79 Å². The van der Waals surface area contributed by atoms with Crippen LogP contribution in [0, 0.1) is 11.8 Å². The van der Waals surface area contributed by atoms with Gasteiger partial charge in [-0.3, -0.25) is 9.79 Å². The highest BCUT2D eigenvalue weighted by Gasteiger charge is 2.35. The second kappa shape index (κ2) is 8.63. The maximum Gasteiger partial charge on any atom is 0.250 e. The number of aliphatic imine (C=N–C) groups is 1. The van der Waals surface area contributed by atoms with Gasteiger partial charge >= 0.3 is 0 Å². The summed E-state index contributed by atoms with van der Waals surface area (Å²) in [4.78, 5) is 18.8. The van der Waals surface area contributed by atoms with Crippen molar-refractivity contribution < 1.29 is 0 Å². The molecule has 1 saturated carbocycles. The number of pyridine rings is 1. The highest BCUT2D eigenvalue weighted by molar-refractivity contribution is 5.80. The van der Waals surface area contributed by atoms with E-state index in [1.807, 2.05) is 19.3 Å². The van der Waals surface area contributed by atoms with E-state index in [1.165, 1.54) is 31.2 Å². The summed E-state index contributed by atoms with van der Waals surface area (Å²) in [5.41, 5.74) is 2.38. The van der Waals surface area contributed by atoms with Crippen LogP contribution in [0.3, 0.4) is 0 Å². The molecule has 1 N–H and O–H groups in total. The Balaban J connectivity index is 1.33. The maximum atomic E-state index is 11.9. The highest BCUT2D eigenvalue weighted by atomic mass is 16.1. The molecule has 2 aliphatic rings. The molecular formula is C23H30N4O. The van der Waals surface area contributed by atoms with Gasteiger partial charge in [0, 0.05) is 38.9 Å². The summed E-state index contributed by atoms with van der Waals surface area (Å²) in [7, 11) is 1.88. The smallest absolute Gasteiger partial charge is 0.250 e. The van der Waals surface area contributed by atoms with Gasteiger partial charge in [-0.05, 0) is 41.9 Å². The van der Waals surface area contributed by atoms with Crippen LogP contribution in [-0.2, 0) is 13.1 Å². The SMILES string of the molecule is CN=C(NCc1ccc(Cn2ccccc2=O)cc1)N1CC2CCCCC2C1. The maximum absolute atomic E-state index is 11.9. The van der Waals surface area contributed by atoms with Gasteiger partial charge in [0.05, 0.1) is 6.54 Å². The van der Waals surface area contributed by atoms with Crippen LogP contribution in [0.2, 0.25) is 0 Å². The number of nitrogens with zero attached hydrogens (tertiary/aromatic N) is 3. The van der Waals surface area contributed by atoms with E-state index >= 15 is 0 Å². The van der Waals surface area contributed by atoms with Crippen molar-refractivity contribution in [3.63, 3.8) is 0 Å². The third-order valence-corrected chi connectivity index (χ3v) is 6.21. The number of guanidine groups is 1. The zero-order valence-corrected chi connectivity index (χ0v) is 16.7. The summed E-state index contributed by atoms with van der Waals surface area (Å²) >= 11 is 0. The first kappa shape index (κ1) is 18.8. The average Bonchev–Trinajstić information content (AvgIpc) is 3.15. The number of nitrogens with one attached hydrogen (secondary N) is 1. The number of fused-ring (bicyclic) bond motifs is 1. The van der Waals surface area contributed by atoms with E-state index in [0.29, 0.717) is 6.54 Å². The Bertz CT molecular complexity index is 857. The Kier molecular flexibility index (Phi) is 5.79. The van der Waals surface area contributed by atoms with Crippen LogP contribution in [0.25, 0.3) is 0 Å². The third kappa shape index (κ3) is 4.29. The molecule has 1 aliphatic heterocycles. The highest BCUT2D eigenvalue weighted by Crippen LogP contribution is 2.35. The topological polar surface area (TPSA) is 49.6 Å². The fraction of sp³-hybridized carbons (Fsp3) is 0.478. The molecular weight excluding hydrogens is 348 g/mol. The van der Waals surface area contributed by atoms with E-state index < -0.39 is 0 Å². The number of benzene rings is 1. The molecule has 5 heteroatoms. The number of hydrogen-bond acceptors (Lipinski definition) is 2. The van der Waals surface area contributed by atoms with Crippen LogP contribution in [0.15, 0.2) is 58.4 Å². The van der Waals surface area contributed by atoms with Gasteiger partial charge in [0.1, 0.15) is 0 Å². The minimum absolute atomic E-state index is 0.0308. The minimum Gasteiger partial charge on any atom is -0.352 e. The van der Waals surface area contributed by atoms with E-state index in [1.54, 1.807) is 16.7 Å². The first-order valence-electron chi connectivity index (χ1n) is 10.4. The van der Waals surface area contributed by atoms with Crippen LogP contribution in [-0.4, -0.2) is 35.6 Å². The summed E-state index contributed by atoms with van der Waals surface area (Å²) < 4.78 is 1.72. The molecule has 0 spiro atoms. The summed E-state index contributed by atoms with van der Waals surface area (Å²) in [6.07, 6.45) is 7.37. The van der Waals surface area contributed by atoms with Crippen molar-refractivity contribution in [1.29, 1.82) is 0 Å². The molecule has 0 radical (unpaired) electrons. The monoisotopic (exact) mass is 378 g/mol. The lowest BCUT2D eigenvalue weighted by Crippen LogP contribution is -2.39. The molecule has 0 bridgehead atoms. The predicted molar refractivity (Wildman–Crippen MR) is 113 cm³/mol. The average molecular weight is 379 g/mol. The molecule has 4 rings (SSSR count). The van der Waals surface area contributed by atoms with Gasteiger partial charge in [-0.1, -0.05) is 43.2 Å². The molecule has 2 fully saturated rings. The van der Waals surface area contributed by atoms with Crippen molar-refractivity contribution in [1.82, 2.24) is 14.8 Å². The lowest BCUT2D eigenvalue weighted by atomic mass is 9.82. The molecule has 2 aromatic rings. The van der Waals surface area contributed by atoms with Gasteiger partial charge in [0.15, 0.2) is 5.96 Å². The fourth-order valence-corrected chi connectivity index (χ4v) is 4.64. The van der Waals surface area contributed by atoms with Gasteiger partial charge in [0.25, 0.3) is 5.56 Å². The largest absolute Gasteiger partial charge is 0.352 e. The fourth-order valence-electron chi connectivity index (χ4n) is 4.64. The van der Waals surface area contributed by atoms with Gasteiger partial charge in [-0.15, -0.1) is 0 Å². The lowest BCUT2D eigenvalue weighted by Gasteiger charge is -2.22. The van der Waals surface area contributed by atoms with Crippen LogP contribution in [0.4, 0.5) is 0 Å². The standard InChI is InChI=1S/C23H30N4O/c1-24-23(27-16-20-6-2-3-7-21(20)17-27)25-14-18-9-11-19(12-10-18)15-26-13-5-4-8-22(26)28/h4-5,8-13,20-21H,2-3,6-7,14-17H2,1H3,(H,24,25). The minimum atomic E-state index is 0.0308. The van der Waals surface area contributed by atoms with E-state index in [4.69, 9.17) is 0 Å². The van der Waals surface area contributed by atoms with Crippen molar-refractivity contribution in [2.45, 2.75) is 38.8 Å². The van der Waals surface area contributed by atoms with E-state index in [-0.39, 0.29) is 5.56 Å². The van der Waals surface area contributed by atoms with Gasteiger partial charge in [0.2, 0.25) is 0 Å². The van der Waals surface area contributed by atoms with Gasteiger partial charge in [-0.25, -0.2) is 0 Å². The number of hydrogen-bond donors (Lipinski definition) is 1. The molecule has 0 amide bonds. The molecule has 2 unspecified atom stereocenters. The quantitative estimate of drug-likeness (QED) is 0.657. The van der Waals surface area contributed by atoms with Crippen molar-refractivity contribution in [2.24, 2.45) is 16.8 Å². The van der Waals surface area contributed by atoms with Crippen LogP contribution < -0.4 is 10.9 Å². The summed E-state index contributed by atoms with van der Waals surface area (Å²) in [6.45, 7) is 3.67. The molecule has 1 saturated heterocycles. The van der Waals surface area contributed by atoms with Gasteiger partial charge in [-0.2, -0.15) is 0 Å². The Morgan fingerprint density at radius 3 is 2.36 bits per heavy atom. The Morgan fingerprint density at radius 1 is 1.04 bits per heavy atom. The van der Waals surface area contributed by atoms with Crippen LogP contribution >= 0.6 is 0 Å². The molecule has 1 aliphatic carbocycles. The number of aromatic nitrogens is 1. The number of likely N-dealkylation sites (tertiary alicyclic amines) is 1. The summed E-state index contributed by atoms with van der Waals surface area (Å²) in [6, 6.07) is 13.7. The summed E-state index contributed by atoms with van der Waals surface area (Å²) in [5, 5.41) is 3.54. The van der Waals surface area contributed by atoms with Crippen molar-refractivity contribution in [3.8, 4) is 0 Å². The van der Waals surface area contributed by atoms with Crippen molar-refractivity contribution >= 4 is 5.96 Å². The molecule has 2 atom stereocenters. The lowest BCUT2D eigenvalue weighted by molar-refractivity contribution is 0.299. The van der Waals surface area contributed by atoms with E-state index in [2.05, 4.69) is 39.5 Å². The first-order chi connectivity index (χ1) is 13.7.